The number of allylic oxidation sites excluding steroid dienone is 3. The van der Waals surface area contributed by atoms with Crippen LogP contribution < -0.4 is 0 Å². The molecule has 0 saturated carbocycles. The Balaban J connectivity index is 3.12. The first-order valence-corrected chi connectivity index (χ1v) is 4.45. The first-order valence-electron chi connectivity index (χ1n) is 4.45. The summed E-state index contributed by atoms with van der Waals surface area (Å²) in [5, 5.41) is 0. The van der Waals surface area contributed by atoms with E-state index in [-0.39, 0.29) is 11.4 Å². The maximum absolute atomic E-state index is 11.5. The Bertz CT molecular complexity index is 282. The van der Waals surface area contributed by atoms with E-state index < -0.39 is 0 Å². The summed E-state index contributed by atoms with van der Waals surface area (Å²) < 4.78 is 4.77. The number of hydrogen-bond acceptors (Lipinski definition) is 2. The van der Waals surface area contributed by atoms with Crippen molar-refractivity contribution < 1.29 is 9.53 Å². The molecule has 0 amide bonds. The summed E-state index contributed by atoms with van der Waals surface area (Å²) in [4.78, 5) is 11.5. The molecule has 1 rings (SSSR count). The van der Waals surface area contributed by atoms with E-state index in [1.54, 1.807) is 0 Å². The van der Waals surface area contributed by atoms with Gasteiger partial charge in [-0.1, -0.05) is 26.0 Å². The van der Waals surface area contributed by atoms with Gasteiger partial charge in [0.05, 0.1) is 7.11 Å². The summed E-state index contributed by atoms with van der Waals surface area (Å²) in [6.45, 7) is 6.07. The van der Waals surface area contributed by atoms with Crippen molar-refractivity contribution in [2.45, 2.75) is 27.2 Å². The van der Waals surface area contributed by atoms with Gasteiger partial charge >= 0.3 is 5.97 Å². The molecule has 0 aromatic carbocycles. The molecular formula is C11H16O2. The van der Waals surface area contributed by atoms with Gasteiger partial charge in [-0.05, 0) is 18.9 Å². The minimum atomic E-state index is -0.202. The second-order valence-corrected chi connectivity index (χ2v) is 4.04. The lowest BCUT2D eigenvalue weighted by Gasteiger charge is -2.29. The molecule has 2 nitrogen and oxygen atoms in total. The van der Waals surface area contributed by atoms with Crippen molar-refractivity contribution in [3.63, 3.8) is 0 Å². The molecule has 0 radical (unpaired) electrons. The summed E-state index contributed by atoms with van der Waals surface area (Å²) in [5.74, 6) is -0.202. The first kappa shape index (κ1) is 10.0. The summed E-state index contributed by atoms with van der Waals surface area (Å²) in [5.41, 5.74) is 1.73. The molecule has 0 unspecified atom stereocenters. The van der Waals surface area contributed by atoms with Crippen LogP contribution in [-0.2, 0) is 9.53 Å². The lowest BCUT2D eigenvalue weighted by Crippen LogP contribution is -2.25. The van der Waals surface area contributed by atoms with Crippen molar-refractivity contribution in [1.29, 1.82) is 0 Å². The SMILES string of the molecule is COC(=O)C1=C(C)C=CCC1(C)C. The fourth-order valence-electron chi connectivity index (χ4n) is 1.79. The fourth-order valence-corrected chi connectivity index (χ4v) is 1.79. The van der Waals surface area contributed by atoms with Crippen molar-refractivity contribution in [2.75, 3.05) is 7.11 Å². The highest BCUT2D eigenvalue weighted by atomic mass is 16.5. The minimum Gasteiger partial charge on any atom is -0.466 e. The molecule has 0 bridgehead atoms. The zero-order valence-electron chi connectivity index (χ0n) is 8.68. The average molecular weight is 180 g/mol. The summed E-state index contributed by atoms with van der Waals surface area (Å²) in [6.07, 6.45) is 4.98. The van der Waals surface area contributed by atoms with Crippen LogP contribution in [0.2, 0.25) is 0 Å². The molecule has 0 aromatic rings. The quantitative estimate of drug-likeness (QED) is 0.579. The predicted octanol–water partition coefficient (Wildman–Crippen LogP) is 2.46. The Hall–Kier alpha value is -1.05. The van der Waals surface area contributed by atoms with Crippen LogP contribution in [0.15, 0.2) is 23.3 Å². The Morgan fingerprint density at radius 3 is 2.62 bits per heavy atom. The van der Waals surface area contributed by atoms with E-state index in [0.29, 0.717) is 0 Å². The lowest BCUT2D eigenvalue weighted by molar-refractivity contribution is -0.137. The van der Waals surface area contributed by atoms with Gasteiger partial charge in [-0.15, -0.1) is 0 Å². The third-order valence-electron chi connectivity index (χ3n) is 2.46. The van der Waals surface area contributed by atoms with E-state index in [9.17, 15) is 4.79 Å². The van der Waals surface area contributed by atoms with Crippen LogP contribution in [0.4, 0.5) is 0 Å². The number of rotatable bonds is 1. The van der Waals surface area contributed by atoms with Gasteiger partial charge in [-0.2, -0.15) is 0 Å². The third-order valence-corrected chi connectivity index (χ3v) is 2.46. The Morgan fingerprint density at radius 2 is 2.15 bits per heavy atom. The van der Waals surface area contributed by atoms with Gasteiger partial charge < -0.3 is 4.74 Å². The standard InChI is InChI=1S/C11H16O2/c1-8-6-5-7-11(2,3)9(8)10(12)13-4/h5-6H,7H2,1-4H3. The number of ether oxygens (including phenoxy) is 1. The molecule has 0 fully saturated rings. The minimum absolute atomic E-state index is 0.0913. The van der Waals surface area contributed by atoms with Gasteiger partial charge in [0.1, 0.15) is 0 Å². The van der Waals surface area contributed by atoms with Crippen molar-refractivity contribution in [3.05, 3.63) is 23.3 Å². The Kier molecular flexibility index (Phi) is 2.60. The van der Waals surface area contributed by atoms with E-state index in [4.69, 9.17) is 4.74 Å². The molecule has 0 saturated heterocycles. The Labute approximate surface area is 79.3 Å². The molecule has 0 heterocycles. The zero-order chi connectivity index (χ0) is 10.1. The van der Waals surface area contributed by atoms with Crippen LogP contribution >= 0.6 is 0 Å². The molecular weight excluding hydrogens is 164 g/mol. The predicted molar refractivity (Wildman–Crippen MR) is 52.3 cm³/mol. The second kappa shape index (κ2) is 3.36. The molecule has 1 aliphatic carbocycles. The second-order valence-electron chi connectivity index (χ2n) is 4.04. The molecule has 13 heavy (non-hydrogen) atoms. The van der Waals surface area contributed by atoms with Gasteiger partial charge in [0, 0.05) is 11.0 Å². The van der Waals surface area contributed by atoms with E-state index in [1.807, 2.05) is 13.0 Å². The number of hydrogen-bond donors (Lipinski definition) is 0. The van der Waals surface area contributed by atoms with Crippen LogP contribution in [0.1, 0.15) is 27.2 Å². The highest BCUT2D eigenvalue weighted by molar-refractivity contribution is 5.91. The van der Waals surface area contributed by atoms with Crippen molar-refractivity contribution in [3.8, 4) is 0 Å². The van der Waals surface area contributed by atoms with Crippen molar-refractivity contribution in [2.24, 2.45) is 5.41 Å². The molecule has 0 aromatic heterocycles. The summed E-state index contributed by atoms with van der Waals surface area (Å²) in [7, 11) is 1.43. The maximum Gasteiger partial charge on any atom is 0.334 e. The average Bonchev–Trinajstić information content (AvgIpc) is 2.02. The van der Waals surface area contributed by atoms with E-state index in [1.165, 1.54) is 7.11 Å². The zero-order valence-corrected chi connectivity index (χ0v) is 8.68. The first-order chi connectivity index (χ1) is 5.99. The topological polar surface area (TPSA) is 26.3 Å². The van der Waals surface area contributed by atoms with Gasteiger partial charge in [0.15, 0.2) is 0 Å². The molecule has 0 spiro atoms. The fraction of sp³-hybridized carbons (Fsp3) is 0.545. The molecule has 0 N–H and O–H groups in total. The number of methoxy groups -OCH3 is 1. The molecule has 1 aliphatic rings. The number of esters is 1. The number of carbonyl (C=O) groups is 1. The highest BCUT2D eigenvalue weighted by Crippen LogP contribution is 2.37. The van der Waals surface area contributed by atoms with Crippen molar-refractivity contribution >= 4 is 5.97 Å². The summed E-state index contributed by atoms with van der Waals surface area (Å²) >= 11 is 0. The summed E-state index contributed by atoms with van der Waals surface area (Å²) in [6, 6.07) is 0. The molecule has 2 heteroatoms. The lowest BCUT2D eigenvalue weighted by atomic mass is 9.76. The van der Waals surface area contributed by atoms with Crippen LogP contribution in [-0.4, -0.2) is 13.1 Å². The Morgan fingerprint density at radius 1 is 1.54 bits per heavy atom. The molecule has 72 valence electrons. The van der Waals surface area contributed by atoms with Crippen LogP contribution in [0.3, 0.4) is 0 Å². The van der Waals surface area contributed by atoms with Crippen LogP contribution in [0, 0.1) is 5.41 Å². The number of carbonyl (C=O) groups excluding carboxylic acids is 1. The highest BCUT2D eigenvalue weighted by Gasteiger charge is 2.31. The maximum atomic E-state index is 11.5. The van der Waals surface area contributed by atoms with Gasteiger partial charge in [0.25, 0.3) is 0 Å². The van der Waals surface area contributed by atoms with Gasteiger partial charge in [-0.25, -0.2) is 4.79 Å². The van der Waals surface area contributed by atoms with Gasteiger partial charge in [-0.3, -0.25) is 0 Å². The third kappa shape index (κ3) is 1.82. The molecule has 0 aliphatic heterocycles. The van der Waals surface area contributed by atoms with Gasteiger partial charge in [0.2, 0.25) is 0 Å². The smallest absolute Gasteiger partial charge is 0.334 e. The van der Waals surface area contributed by atoms with Crippen LogP contribution in [0.5, 0.6) is 0 Å². The van der Waals surface area contributed by atoms with Crippen molar-refractivity contribution in [1.82, 2.24) is 0 Å². The van der Waals surface area contributed by atoms with E-state index >= 15 is 0 Å². The van der Waals surface area contributed by atoms with E-state index in [0.717, 1.165) is 17.6 Å². The largest absolute Gasteiger partial charge is 0.466 e. The monoisotopic (exact) mass is 180 g/mol. The normalized spacial score (nSPS) is 20.3. The van der Waals surface area contributed by atoms with E-state index in [2.05, 4.69) is 19.9 Å². The van der Waals surface area contributed by atoms with Crippen LogP contribution in [0.25, 0.3) is 0 Å². The molecule has 0 atom stereocenters.